The zero-order chi connectivity index (χ0) is 21.3. The average Bonchev–Trinajstić information content (AvgIpc) is 2.96. The SMILES string of the molecule is C/C=C/C=C/C=C/C(=O)O[C@@H]1C=C2COC(=O)[C@]2(O)[C@@]2(C=O)CCCC(C)(C)[C@H]12. The molecule has 0 bridgehead atoms. The van der Waals surface area contributed by atoms with E-state index in [2.05, 4.69) is 0 Å². The molecule has 0 unspecified atom stereocenters. The van der Waals surface area contributed by atoms with Crippen LogP contribution in [0.3, 0.4) is 0 Å². The number of carbonyl (C=O) groups is 3. The van der Waals surface area contributed by atoms with Gasteiger partial charge >= 0.3 is 11.9 Å². The van der Waals surface area contributed by atoms with E-state index in [1.807, 2.05) is 32.9 Å². The molecule has 2 fully saturated rings. The van der Waals surface area contributed by atoms with Crippen LogP contribution in [-0.2, 0) is 23.9 Å². The maximum Gasteiger partial charge on any atom is 0.344 e. The van der Waals surface area contributed by atoms with Crippen LogP contribution in [0.2, 0.25) is 0 Å². The molecule has 0 aromatic carbocycles. The normalized spacial score (nSPS) is 36.0. The van der Waals surface area contributed by atoms with E-state index in [4.69, 9.17) is 9.47 Å². The van der Waals surface area contributed by atoms with Crippen LogP contribution >= 0.6 is 0 Å². The number of rotatable bonds is 5. The van der Waals surface area contributed by atoms with Gasteiger partial charge in [-0.2, -0.15) is 0 Å². The smallest absolute Gasteiger partial charge is 0.344 e. The van der Waals surface area contributed by atoms with Crippen molar-refractivity contribution in [3.8, 4) is 0 Å². The molecule has 29 heavy (non-hydrogen) atoms. The summed E-state index contributed by atoms with van der Waals surface area (Å²) in [5.41, 5.74) is -3.50. The lowest BCUT2D eigenvalue weighted by molar-refractivity contribution is -0.196. The zero-order valence-electron chi connectivity index (χ0n) is 17.1. The quantitative estimate of drug-likeness (QED) is 0.251. The summed E-state index contributed by atoms with van der Waals surface area (Å²) in [7, 11) is 0. The first kappa shape index (κ1) is 21.2. The Morgan fingerprint density at radius 2 is 1.97 bits per heavy atom. The molecule has 1 heterocycles. The van der Waals surface area contributed by atoms with Crippen LogP contribution in [0.25, 0.3) is 0 Å². The first-order valence-corrected chi connectivity index (χ1v) is 9.96. The number of carbonyl (C=O) groups excluding carboxylic acids is 3. The number of esters is 2. The van der Waals surface area contributed by atoms with E-state index >= 15 is 0 Å². The lowest BCUT2D eigenvalue weighted by Gasteiger charge is -2.57. The molecule has 1 saturated carbocycles. The van der Waals surface area contributed by atoms with Crippen molar-refractivity contribution in [2.24, 2.45) is 16.7 Å². The molecule has 3 aliphatic rings. The summed E-state index contributed by atoms with van der Waals surface area (Å²) in [6.07, 6.45) is 13.5. The number of hydrogen-bond donors (Lipinski definition) is 1. The second-order valence-corrected chi connectivity index (χ2v) is 8.63. The zero-order valence-corrected chi connectivity index (χ0v) is 17.1. The first-order chi connectivity index (χ1) is 13.7. The van der Waals surface area contributed by atoms with Gasteiger partial charge in [-0.1, -0.05) is 50.6 Å². The van der Waals surface area contributed by atoms with Gasteiger partial charge in [0.25, 0.3) is 0 Å². The van der Waals surface area contributed by atoms with E-state index in [-0.39, 0.29) is 6.61 Å². The number of allylic oxidation sites excluding steroid dienone is 5. The van der Waals surface area contributed by atoms with Crippen molar-refractivity contribution in [2.75, 3.05) is 6.61 Å². The van der Waals surface area contributed by atoms with E-state index in [9.17, 15) is 19.5 Å². The summed E-state index contributed by atoms with van der Waals surface area (Å²) >= 11 is 0. The number of ether oxygens (including phenoxy) is 2. The minimum atomic E-state index is -1.99. The fourth-order valence-corrected chi connectivity index (χ4v) is 5.29. The van der Waals surface area contributed by atoms with Gasteiger partial charge in [0, 0.05) is 17.6 Å². The molecule has 156 valence electrons. The van der Waals surface area contributed by atoms with Crippen molar-refractivity contribution in [1.29, 1.82) is 0 Å². The Morgan fingerprint density at radius 1 is 1.24 bits per heavy atom. The molecule has 1 aliphatic heterocycles. The second-order valence-electron chi connectivity index (χ2n) is 8.63. The Labute approximate surface area is 170 Å². The van der Waals surface area contributed by atoms with Crippen LogP contribution in [0.1, 0.15) is 40.0 Å². The van der Waals surface area contributed by atoms with Crippen molar-refractivity contribution in [3.05, 3.63) is 48.1 Å². The predicted molar refractivity (Wildman–Crippen MR) is 107 cm³/mol. The van der Waals surface area contributed by atoms with Gasteiger partial charge in [-0.15, -0.1) is 0 Å². The fraction of sp³-hybridized carbons (Fsp3) is 0.522. The van der Waals surface area contributed by atoms with E-state index in [0.717, 1.165) is 6.42 Å². The van der Waals surface area contributed by atoms with Crippen LogP contribution in [0.4, 0.5) is 0 Å². The van der Waals surface area contributed by atoms with Gasteiger partial charge in [0.2, 0.25) is 0 Å². The third kappa shape index (κ3) is 3.29. The highest BCUT2D eigenvalue weighted by atomic mass is 16.6. The summed E-state index contributed by atoms with van der Waals surface area (Å²) in [5.74, 6) is -1.89. The predicted octanol–water partition coefficient (Wildman–Crippen LogP) is 2.83. The number of aldehydes is 1. The van der Waals surface area contributed by atoms with E-state index < -0.39 is 40.4 Å². The Hall–Kier alpha value is -2.47. The molecule has 0 amide bonds. The van der Waals surface area contributed by atoms with E-state index in [1.54, 1.807) is 24.3 Å². The Kier molecular flexibility index (Phi) is 5.68. The molecule has 2 aliphatic carbocycles. The summed E-state index contributed by atoms with van der Waals surface area (Å²) in [6, 6.07) is 0. The maximum absolute atomic E-state index is 12.5. The fourth-order valence-electron chi connectivity index (χ4n) is 5.29. The summed E-state index contributed by atoms with van der Waals surface area (Å²) < 4.78 is 10.8. The number of aliphatic hydroxyl groups is 1. The molecule has 0 spiro atoms. The highest BCUT2D eigenvalue weighted by Crippen LogP contribution is 2.62. The molecule has 0 aromatic heterocycles. The third-order valence-electron chi connectivity index (χ3n) is 6.52. The average molecular weight is 400 g/mol. The molecule has 1 N–H and O–H groups in total. The standard InChI is InChI=1S/C23H28O6/c1-4-5-6-7-8-10-18(25)29-17-13-16-14-28-20(26)23(16,27)22(15-24)12-9-11-21(2,3)19(17)22/h4-8,10,13,15,17,19,27H,9,11-12,14H2,1-3H3/b5-4+,7-6+,10-8+/t17-,19+,22-,23+/m1/s1. The maximum atomic E-state index is 12.5. The Balaban J connectivity index is 1.99. The number of cyclic esters (lactones) is 1. The third-order valence-corrected chi connectivity index (χ3v) is 6.52. The van der Waals surface area contributed by atoms with Gasteiger partial charge in [0.05, 0.1) is 5.41 Å². The molecule has 4 atom stereocenters. The van der Waals surface area contributed by atoms with Crippen molar-refractivity contribution < 1.29 is 29.0 Å². The molecular weight excluding hydrogens is 372 g/mol. The topological polar surface area (TPSA) is 89.9 Å². The van der Waals surface area contributed by atoms with Gasteiger partial charge in [-0.3, -0.25) is 0 Å². The van der Waals surface area contributed by atoms with E-state index in [0.29, 0.717) is 24.7 Å². The van der Waals surface area contributed by atoms with Gasteiger partial charge in [0.15, 0.2) is 5.60 Å². The van der Waals surface area contributed by atoms with Gasteiger partial charge in [0.1, 0.15) is 19.0 Å². The lowest BCUT2D eigenvalue weighted by Crippen LogP contribution is -2.67. The lowest BCUT2D eigenvalue weighted by atomic mass is 9.46. The number of hydrogen-bond acceptors (Lipinski definition) is 6. The van der Waals surface area contributed by atoms with Crippen LogP contribution in [0, 0.1) is 16.7 Å². The van der Waals surface area contributed by atoms with Gasteiger partial charge in [-0.05, 0) is 31.3 Å². The Bertz CT molecular complexity index is 817. The summed E-state index contributed by atoms with van der Waals surface area (Å²) in [5, 5.41) is 11.4. The van der Waals surface area contributed by atoms with Gasteiger partial charge in [-0.25, -0.2) is 9.59 Å². The van der Waals surface area contributed by atoms with Crippen LogP contribution in [0.5, 0.6) is 0 Å². The second kappa shape index (κ2) is 7.75. The first-order valence-electron chi connectivity index (χ1n) is 9.96. The van der Waals surface area contributed by atoms with E-state index in [1.165, 1.54) is 6.08 Å². The monoisotopic (exact) mass is 400 g/mol. The number of fused-ring (bicyclic) bond motifs is 3. The molecule has 1 saturated heterocycles. The largest absolute Gasteiger partial charge is 0.459 e. The molecule has 6 nitrogen and oxygen atoms in total. The highest BCUT2D eigenvalue weighted by molar-refractivity contribution is 5.93. The Morgan fingerprint density at radius 3 is 2.66 bits per heavy atom. The summed E-state index contributed by atoms with van der Waals surface area (Å²) in [4.78, 5) is 37.4. The van der Waals surface area contributed by atoms with Crippen molar-refractivity contribution >= 4 is 18.2 Å². The molecule has 6 heteroatoms. The minimum Gasteiger partial charge on any atom is -0.459 e. The van der Waals surface area contributed by atoms with Crippen molar-refractivity contribution in [1.82, 2.24) is 0 Å². The molecular formula is C23H28O6. The van der Waals surface area contributed by atoms with Gasteiger partial charge < -0.3 is 19.4 Å². The van der Waals surface area contributed by atoms with Crippen molar-refractivity contribution in [3.63, 3.8) is 0 Å². The highest BCUT2D eigenvalue weighted by Gasteiger charge is 2.71. The van der Waals surface area contributed by atoms with Crippen LogP contribution in [-0.4, -0.2) is 41.6 Å². The molecule has 3 rings (SSSR count). The van der Waals surface area contributed by atoms with Crippen LogP contribution < -0.4 is 0 Å². The molecule has 0 radical (unpaired) electrons. The summed E-state index contributed by atoms with van der Waals surface area (Å²) in [6.45, 7) is 5.75. The molecule has 0 aromatic rings. The minimum absolute atomic E-state index is 0.103. The van der Waals surface area contributed by atoms with Crippen molar-refractivity contribution in [2.45, 2.75) is 51.7 Å². The van der Waals surface area contributed by atoms with Crippen LogP contribution in [0.15, 0.2) is 48.1 Å².